The minimum absolute atomic E-state index is 0.248. The second-order valence-electron chi connectivity index (χ2n) is 7.27. The molecule has 0 bridgehead atoms. The van der Waals surface area contributed by atoms with Crippen LogP contribution in [0.4, 0.5) is 0 Å². The molecule has 0 amide bonds. The fraction of sp³-hybridized carbons (Fsp3) is 0.647. The molecule has 0 saturated heterocycles. The van der Waals surface area contributed by atoms with Crippen molar-refractivity contribution in [3.63, 3.8) is 0 Å². The number of hydrogen-bond acceptors (Lipinski definition) is 0. The minimum atomic E-state index is 0.248. The van der Waals surface area contributed by atoms with Crippen LogP contribution in [0.25, 0.3) is 0 Å². The van der Waals surface area contributed by atoms with Crippen LogP contribution in [0.3, 0.4) is 0 Å². The van der Waals surface area contributed by atoms with E-state index >= 15 is 0 Å². The second-order valence-corrected chi connectivity index (χ2v) is 8.84. The predicted octanol–water partition coefficient (Wildman–Crippen LogP) is 5.73. The van der Waals surface area contributed by atoms with E-state index in [0.29, 0.717) is 10.2 Å². The van der Waals surface area contributed by atoms with Crippen LogP contribution in [-0.2, 0) is 11.8 Å². The molecule has 1 aromatic rings. The first-order valence-corrected chi connectivity index (χ1v) is 7.75. The van der Waals surface area contributed by atoms with Crippen LogP contribution in [-0.4, -0.2) is 4.83 Å². The molecule has 0 aliphatic carbocycles. The molecule has 0 saturated carbocycles. The highest BCUT2D eigenvalue weighted by Crippen LogP contribution is 2.30. The van der Waals surface area contributed by atoms with Crippen molar-refractivity contribution < 1.29 is 0 Å². The molecule has 18 heavy (non-hydrogen) atoms. The summed E-state index contributed by atoms with van der Waals surface area (Å²) < 4.78 is 0. The molecule has 1 rings (SSSR count). The lowest BCUT2D eigenvalue weighted by Crippen LogP contribution is -2.19. The summed E-state index contributed by atoms with van der Waals surface area (Å²) in [6.07, 6.45) is 2.35. The molecule has 0 aliphatic rings. The van der Waals surface area contributed by atoms with Crippen LogP contribution >= 0.6 is 15.9 Å². The first-order valence-electron chi connectivity index (χ1n) is 6.84. The third-order valence-electron chi connectivity index (χ3n) is 3.34. The summed E-state index contributed by atoms with van der Waals surface area (Å²) in [5.74, 6) is 0. The summed E-state index contributed by atoms with van der Waals surface area (Å²) in [6, 6.07) is 9.15. The van der Waals surface area contributed by atoms with Crippen LogP contribution in [0.5, 0.6) is 0 Å². The smallest absolute Gasteiger partial charge is 0.0122 e. The highest BCUT2D eigenvalue weighted by Gasteiger charge is 2.21. The lowest BCUT2D eigenvalue weighted by molar-refractivity contribution is 0.335. The van der Waals surface area contributed by atoms with E-state index in [1.165, 1.54) is 17.5 Å². The number of halogens is 1. The molecule has 0 fully saturated rings. The Balaban J connectivity index is 2.75. The summed E-state index contributed by atoms with van der Waals surface area (Å²) in [5, 5.41) is 0. The van der Waals surface area contributed by atoms with E-state index in [1.54, 1.807) is 0 Å². The Morgan fingerprint density at radius 2 is 1.50 bits per heavy atom. The molecule has 0 aliphatic heterocycles. The van der Waals surface area contributed by atoms with Gasteiger partial charge < -0.3 is 0 Å². The van der Waals surface area contributed by atoms with E-state index in [2.05, 4.69) is 81.7 Å². The van der Waals surface area contributed by atoms with Gasteiger partial charge in [0.25, 0.3) is 0 Å². The minimum Gasteiger partial charge on any atom is -0.0893 e. The number of hydrogen-bond donors (Lipinski definition) is 0. The first kappa shape index (κ1) is 15.8. The van der Waals surface area contributed by atoms with Gasteiger partial charge >= 0.3 is 0 Å². The van der Waals surface area contributed by atoms with E-state index in [4.69, 9.17) is 0 Å². The average Bonchev–Trinajstić information content (AvgIpc) is 2.13. The third-order valence-corrected chi connectivity index (χ3v) is 3.66. The van der Waals surface area contributed by atoms with E-state index < -0.39 is 0 Å². The number of benzene rings is 1. The van der Waals surface area contributed by atoms with Gasteiger partial charge in [-0.05, 0) is 34.8 Å². The van der Waals surface area contributed by atoms with Crippen LogP contribution < -0.4 is 0 Å². The second kappa shape index (κ2) is 5.77. The SMILES string of the molecule is CC(Br)CC(C)(C)Cc1ccc(C(C)(C)C)cc1. The summed E-state index contributed by atoms with van der Waals surface area (Å²) in [7, 11) is 0. The molecule has 0 heterocycles. The maximum atomic E-state index is 3.66. The highest BCUT2D eigenvalue weighted by atomic mass is 79.9. The van der Waals surface area contributed by atoms with Gasteiger partial charge in [-0.3, -0.25) is 0 Å². The molecule has 0 radical (unpaired) electrons. The molecule has 1 atom stereocenters. The van der Waals surface area contributed by atoms with E-state index in [9.17, 15) is 0 Å². The zero-order valence-electron chi connectivity index (χ0n) is 12.7. The van der Waals surface area contributed by atoms with Gasteiger partial charge in [0.1, 0.15) is 0 Å². The maximum absolute atomic E-state index is 3.66. The van der Waals surface area contributed by atoms with Crippen molar-refractivity contribution >= 4 is 15.9 Å². The van der Waals surface area contributed by atoms with Gasteiger partial charge in [0.2, 0.25) is 0 Å². The molecule has 0 nitrogen and oxygen atoms in total. The Bertz CT molecular complexity index is 366. The zero-order valence-corrected chi connectivity index (χ0v) is 14.3. The number of alkyl halides is 1. The Kier molecular flexibility index (Phi) is 5.05. The van der Waals surface area contributed by atoms with Crippen LogP contribution in [0.15, 0.2) is 24.3 Å². The standard InChI is InChI=1S/C17H27Br/c1-13(18)11-17(5,6)12-14-7-9-15(10-8-14)16(2,3)4/h7-10,13H,11-12H2,1-6H3. The van der Waals surface area contributed by atoms with Crippen LogP contribution in [0.2, 0.25) is 0 Å². The molecule has 1 heteroatoms. The molecular weight excluding hydrogens is 284 g/mol. The lowest BCUT2D eigenvalue weighted by atomic mass is 9.80. The predicted molar refractivity (Wildman–Crippen MR) is 85.6 cm³/mol. The van der Waals surface area contributed by atoms with Crippen molar-refractivity contribution in [1.29, 1.82) is 0 Å². The monoisotopic (exact) mass is 310 g/mol. The summed E-state index contributed by atoms with van der Waals surface area (Å²) in [6.45, 7) is 13.7. The van der Waals surface area contributed by atoms with Crippen molar-refractivity contribution in [3.05, 3.63) is 35.4 Å². The molecular formula is C17H27Br. The molecule has 0 spiro atoms. The van der Waals surface area contributed by atoms with Gasteiger partial charge in [0.15, 0.2) is 0 Å². The van der Waals surface area contributed by atoms with Crippen LogP contribution in [0, 0.1) is 5.41 Å². The first-order chi connectivity index (χ1) is 8.10. The molecule has 0 aromatic heterocycles. The van der Waals surface area contributed by atoms with Gasteiger partial charge in [-0.15, -0.1) is 0 Å². The summed E-state index contributed by atoms with van der Waals surface area (Å²) >= 11 is 3.66. The van der Waals surface area contributed by atoms with Crippen molar-refractivity contribution in [3.8, 4) is 0 Å². The van der Waals surface area contributed by atoms with Crippen LogP contribution in [0.1, 0.15) is 59.1 Å². The van der Waals surface area contributed by atoms with Gasteiger partial charge in [0.05, 0.1) is 0 Å². The highest BCUT2D eigenvalue weighted by molar-refractivity contribution is 9.09. The van der Waals surface area contributed by atoms with Crippen molar-refractivity contribution in [2.24, 2.45) is 5.41 Å². The molecule has 0 N–H and O–H groups in total. The Morgan fingerprint density at radius 1 is 1.00 bits per heavy atom. The quantitative estimate of drug-likeness (QED) is 0.623. The topological polar surface area (TPSA) is 0 Å². The average molecular weight is 311 g/mol. The largest absolute Gasteiger partial charge is 0.0893 e. The van der Waals surface area contributed by atoms with E-state index in [-0.39, 0.29) is 5.41 Å². The zero-order chi connectivity index (χ0) is 14.0. The van der Waals surface area contributed by atoms with Gasteiger partial charge in [-0.2, -0.15) is 0 Å². The molecule has 1 aromatic carbocycles. The fourth-order valence-electron chi connectivity index (χ4n) is 2.51. The van der Waals surface area contributed by atoms with E-state index in [1.807, 2.05) is 0 Å². The van der Waals surface area contributed by atoms with Crippen molar-refractivity contribution in [2.45, 2.75) is 64.6 Å². The van der Waals surface area contributed by atoms with Gasteiger partial charge in [-0.1, -0.05) is 81.7 Å². The number of rotatable bonds is 4. The van der Waals surface area contributed by atoms with Crippen molar-refractivity contribution in [1.82, 2.24) is 0 Å². The maximum Gasteiger partial charge on any atom is 0.0122 e. The van der Waals surface area contributed by atoms with Gasteiger partial charge in [0, 0.05) is 4.83 Å². The Labute approximate surface area is 121 Å². The van der Waals surface area contributed by atoms with Crippen molar-refractivity contribution in [2.75, 3.05) is 0 Å². The normalized spacial score (nSPS) is 14.6. The Morgan fingerprint density at radius 3 is 1.89 bits per heavy atom. The van der Waals surface area contributed by atoms with Gasteiger partial charge in [-0.25, -0.2) is 0 Å². The molecule has 102 valence electrons. The van der Waals surface area contributed by atoms with E-state index in [0.717, 1.165) is 6.42 Å². The fourth-order valence-corrected chi connectivity index (χ4v) is 3.39. The Hall–Kier alpha value is -0.300. The molecule has 1 unspecified atom stereocenters. The summed E-state index contributed by atoms with van der Waals surface area (Å²) in [4.78, 5) is 0.585. The summed E-state index contributed by atoms with van der Waals surface area (Å²) in [5.41, 5.74) is 3.46. The lowest BCUT2D eigenvalue weighted by Gasteiger charge is -2.26. The third kappa shape index (κ3) is 5.14.